The number of halogens is 3. The lowest BCUT2D eigenvalue weighted by atomic mass is 10.1. The van der Waals surface area contributed by atoms with Gasteiger partial charge < -0.3 is 4.90 Å². The van der Waals surface area contributed by atoms with Gasteiger partial charge in [0.2, 0.25) is 0 Å². The Bertz CT molecular complexity index is 798. The molecule has 134 valence electrons. The fraction of sp³-hybridized carbons (Fsp3) is 0.368. The van der Waals surface area contributed by atoms with E-state index in [9.17, 15) is 18.0 Å². The van der Waals surface area contributed by atoms with Crippen LogP contribution in [-0.2, 0) is 6.18 Å². The van der Waals surface area contributed by atoms with Crippen LogP contribution in [0.2, 0.25) is 0 Å². The minimum atomic E-state index is -4.53. The monoisotopic (exact) mass is 350 g/mol. The van der Waals surface area contributed by atoms with Crippen LogP contribution in [0.4, 0.5) is 18.9 Å². The predicted octanol–water partition coefficient (Wildman–Crippen LogP) is 5.08. The summed E-state index contributed by atoms with van der Waals surface area (Å²) < 4.78 is 38.4. The molecule has 0 aliphatic carbocycles. The molecule has 6 heteroatoms. The molecule has 0 aliphatic rings. The normalized spacial score (nSPS) is 11.7. The van der Waals surface area contributed by atoms with Crippen molar-refractivity contribution in [2.24, 2.45) is 0 Å². The number of nitrogens with zero attached hydrogens (tertiary/aromatic N) is 2. The average molecular weight is 350 g/mol. The van der Waals surface area contributed by atoms with Crippen molar-refractivity contribution in [3.63, 3.8) is 0 Å². The van der Waals surface area contributed by atoms with Crippen LogP contribution in [0.5, 0.6) is 0 Å². The Morgan fingerprint density at radius 3 is 2.24 bits per heavy atom. The van der Waals surface area contributed by atoms with E-state index in [1.165, 1.54) is 13.0 Å². The van der Waals surface area contributed by atoms with Crippen LogP contribution in [0, 0.1) is 20.8 Å². The highest BCUT2D eigenvalue weighted by atomic mass is 19.4. The molecule has 0 unspecified atom stereocenters. The Labute approximate surface area is 145 Å². The molecule has 0 spiro atoms. The van der Waals surface area contributed by atoms with Crippen LogP contribution in [0.1, 0.15) is 46.7 Å². The van der Waals surface area contributed by atoms with Gasteiger partial charge in [-0.2, -0.15) is 13.2 Å². The van der Waals surface area contributed by atoms with Crippen molar-refractivity contribution in [3.8, 4) is 0 Å². The average Bonchev–Trinajstić information content (AvgIpc) is 2.49. The molecule has 0 saturated heterocycles. The lowest BCUT2D eigenvalue weighted by Gasteiger charge is -2.29. The van der Waals surface area contributed by atoms with Gasteiger partial charge in [0.15, 0.2) is 0 Å². The molecule has 0 fully saturated rings. The highest BCUT2D eigenvalue weighted by molar-refractivity contribution is 6.07. The van der Waals surface area contributed by atoms with Gasteiger partial charge in [-0.25, -0.2) is 4.98 Å². The van der Waals surface area contributed by atoms with E-state index in [2.05, 4.69) is 4.98 Å². The molecule has 0 saturated carbocycles. The van der Waals surface area contributed by atoms with Gasteiger partial charge >= 0.3 is 6.18 Å². The summed E-state index contributed by atoms with van der Waals surface area (Å²) in [7, 11) is 0. The first kappa shape index (κ1) is 19.0. The number of aromatic nitrogens is 1. The van der Waals surface area contributed by atoms with E-state index in [0.29, 0.717) is 0 Å². The van der Waals surface area contributed by atoms with Gasteiger partial charge in [-0.05, 0) is 63.9 Å². The van der Waals surface area contributed by atoms with Gasteiger partial charge in [0.1, 0.15) is 5.69 Å². The first-order chi connectivity index (χ1) is 11.5. The molecule has 1 aromatic heterocycles. The zero-order chi connectivity index (χ0) is 18.9. The Morgan fingerprint density at radius 2 is 1.72 bits per heavy atom. The fourth-order valence-corrected chi connectivity index (χ4v) is 2.68. The van der Waals surface area contributed by atoms with Gasteiger partial charge in [-0.1, -0.05) is 12.1 Å². The number of hydrogen-bond donors (Lipinski definition) is 0. The van der Waals surface area contributed by atoms with E-state index in [-0.39, 0.29) is 23.2 Å². The van der Waals surface area contributed by atoms with Crippen LogP contribution >= 0.6 is 0 Å². The van der Waals surface area contributed by atoms with Crippen molar-refractivity contribution in [2.45, 2.75) is 46.8 Å². The first-order valence-electron chi connectivity index (χ1n) is 7.98. The third kappa shape index (κ3) is 4.00. The van der Waals surface area contributed by atoms with Crippen molar-refractivity contribution in [1.82, 2.24) is 4.98 Å². The third-order valence-corrected chi connectivity index (χ3v) is 3.97. The second-order valence-electron chi connectivity index (χ2n) is 6.39. The molecular weight excluding hydrogens is 329 g/mol. The highest BCUT2D eigenvalue weighted by Crippen LogP contribution is 2.30. The summed E-state index contributed by atoms with van der Waals surface area (Å²) in [5.74, 6) is -0.359. The number of rotatable bonds is 3. The minimum absolute atomic E-state index is 0.0655. The SMILES string of the molecule is Cc1ccc(C)c(N(C(=O)c2ccc(C(F)(F)F)nc2C)C(C)C)c1. The van der Waals surface area contributed by atoms with E-state index >= 15 is 0 Å². The van der Waals surface area contributed by atoms with E-state index in [1.807, 2.05) is 45.9 Å². The van der Waals surface area contributed by atoms with Crippen molar-refractivity contribution in [1.29, 1.82) is 0 Å². The molecule has 1 amide bonds. The van der Waals surface area contributed by atoms with Gasteiger partial charge in [-0.3, -0.25) is 4.79 Å². The number of alkyl halides is 3. The molecule has 0 atom stereocenters. The molecule has 1 heterocycles. The van der Waals surface area contributed by atoms with E-state index in [0.717, 1.165) is 22.9 Å². The van der Waals surface area contributed by atoms with E-state index in [1.54, 1.807) is 4.90 Å². The maximum absolute atomic E-state index is 13.0. The van der Waals surface area contributed by atoms with Gasteiger partial charge in [0, 0.05) is 11.7 Å². The summed E-state index contributed by atoms with van der Waals surface area (Å²) >= 11 is 0. The molecule has 0 N–H and O–H groups in total. The Morgan fingerprint density at radius 1 is 1.08 bits per heavy atom. The lowest BCUT2D eigenvalue weighted by molar-refractivity contribution is -0.141. The van der Waals surface area contributed by atoms with Crippen LogP contribution in [0.15, 0.2) is 30.3 Å². The molecule has 2 aromatic rings. The smallest absolute Gasteiger partial charge is 0.306 e. The number of anilines is 1. The summed E-state index contributed by atoms with van der Waals surface area (Å²) in [6.45, 7) is 8.98. The third-order valence-electron chi connectivity index (χ3n) is 3.97. The number of carbonyl (C=O) groups excluding carboxylic acids is 1. The van der Waals surface area contributed by atoms with Crippen molar-refractivity contribution < 1.29 is 18.0 Å². The van der Waals surface area contributed by atoms with Crippen molar-refractivity contribution in [3.05, 3.63) is 58.4 Å². The molecule has 0 bridgehead atoms. The van der Waals surface area contributed by atoms with Crippen LogP contribution in [0.3, 0.4) is 0 Å². The molecule has 25 heavy (non-hydrogen) atoms. The lowest BCUT2D eigenvalue weighted by Crippen LogP contribution is -2.38. The Balaban J connectivity index is 2.50. The number of hydrogen-bond acceptors (Lipinski definition) is 2. The standard InChI is InChI=1S/C19H21F3N2O/c1-11(2)24(16-10-12(3)6-7-13(16)4)18(25)15-8-9-17(19(20,21)22)23-14(15)5/h6-11H,1-5H3. The number of pyridine rings is 1. The zero-order valence-corrected chi connectivity index (χ0v) is 14.9. The Kier molecular flexibility index (Phi) is 5.20. The molecule has 2 rings (SSSR count). The minimum Gasteiger partial charge on any atom is -0.306 e. The molecule has 3 nitrogen and oxygen atoms in total. The summed E-state index contributed by atoms with van der Waals surface area (Å²) in [5.41, 5.74) is 1.91. The van der Waals surface area contributed by atoms with Gasteiger partial charge in [0.05, 0.1) is 11.3 Å². The first-order valence-corrected chi connectivity index (χ1v) is 7.98. The summed E-state index contributed by atoms with van der Waals surface area (Å²) in [6, 6.07) is 7.67. The molecule has 1 aromatic carbocycles. The van der Waals surface area contributed by atoms with E-state index < -0.39 is 11.9 Å². The second-order valence-corrected chi connectivity index (χ2v) is 6.39. The number of aryl methyl sites for hydroxylation is 3. The number of benzene rings is 1. The maximum Gasteiger partial charge on any atom is 0.433 e. The fourth-order valence-electron chi connectivity index (χ4n) is 2.68. The molecular formula is C19H21F3N2O. The van der Waals surface area contributed by atoms with Gasteiger partial charge in [-0.15, -0.1) is 0 Å². The predicted molar refractivity (Wildman–Crippen MR) is 91.8 cm³/mol. The Hall–Kier alpha value is -2.37. The van der Waals surface area contributed by atoms with Crippen molar-refractivity contribution in [2.75, 3.05) is 4.90 Å². The quantitative estimate of drug-likeness (QED) is 0.773. The summed E-state index contributed by atoms with van der Waals surface area (Å²) in [4.78, 5) is 18.2. The van der Waals surface area contributed by atoms with Crippen LogP contribution in [-0.4, -0.2) is 16.9 Å². The summed E-state index contributed by atoms with van der Waals surface area (Å²) in [6.07, 6.45) is -4.53. The topological polar surface area (TPSA) is 33.2 Å². The zero-order valence-electron chi connectivity index (χ0n) is 14.9. The van der Waals surface area contributed by atoms with E-state index in [4.69, 9.17) is 0 Å². The second kappa shape index (κ2) is 6.86. The number of carbonyl (C=O) groups is 1. The largest absolute Gasteiger partial charge is 0.433 e. The highest BCUT2D eigenvalue weighted by Gasteiger charge is 2.33. The van der Waals surface area contributed by atoms with Crippen LogP contribution in [0.25, 0.3) is 0 Å². The molecule has 0 radical (unpaired) electrons. The van der Waals surface area contributed by atoms with Crippen molar-refractivity contribution >= 4 is 11.6 Å². The molecule has 0 aliphatic heterocycles. The number of amides is 1. The summed E-state index contributed by atoms with van der Waals surface area (Å²) in [5, 5.41) is 0. The van der Waals surface area contributed by atoms with Gasteiger partial charge in [0.25, 0.3) is 5.91 Å². The maximum atomic E-state index is 13.0. The van der Waals surface area contributed by atoms with Crippen LogP contribution < -0.4 is 4.90 Å².